The fourth-order valence-corrected chi connectivity index (χ4v) is 9.21. The summed E-state index contributed by atoms with van der Waals surface area (Å²) in [6.45, 7) is 1.62. The van der Waals surface area contributed by atoms with E-state index in [1.807, 2.05) is 169 Å². The van der Waals surface area contributed by atoms with Crippen LogP contribution in [0.2, 0.25) is 0 Å². The first-order valence-electron chi connectivity index (χ1n) is 24.2. The molecular weight excluding hydrogens is 922 g/mol. The van der Waals surface area contributed by atoms with Gasteiger partial charge in [-0.15, -0.1) is 0 Å². The van der Waals surface area contributed by atoms with E-state index in [0.717, 1.165) is 50.2 Å². The molecule has 1 saturated heterocycles. The Labute approximate surface area is 423 Å². The molecule has 8 aromatic rings. The molecular formula is C61H54FN3O8. The lowest BCUT2D eigenvalue weighted by Gasteiger charge is -2.48. The lowest BCUT2D eigenvalue weighted by Crippen LogP contribution is -2.55. The predicted molar refractivity (Wildman–Crippen MR) is 275 cm³/mol. The van der Waals surface area contributed by atoms with Gasteiger partial charge in [0.2, 0.25) is 5.91 Å². The lowest BCUT2D eigenvalue weighted by molar-refractivity contribution is -0.163. The Hall–Kier alpha value is -8.64. The molecule has 9 rings (SSSR count). The number of β-lactam (4-membered cyclic amide) rings is 1. The first-order chi connectivity index (χ1) is 35.6. The highest BCUT2D eigenvalue weighted by atomic mass is 19.1. The van der Waals surface area contributed by atoms with E-state index in [4.69, 9.17) is 18.9 Å². The minimum atomic E-state index is -1.21. The van der Waals surface area contributed by atoms with Gasteiger partial charge >= 0.3 is 17.9 Å². The maximum atomic E-state index is 14.6. The number of esters is 3. The third-order valence-corrected chi connectivity index (χ3v) is 13.1. The van der Waals surface area contributed by atoms with E-state index in [-0.39, 0.29) is 32.1 Å². The van der Waals surface area contributed by atoms with Crippen molar-refractivity contribution in [1.29, 1.82) is 0 Å². The van der Waals surface area contributed by atoms with Crippen molar-refractivity contribution >= 4 is 29.5 Å². The monoisotopic (exact) mass is 975 g/mol. The number of ether oxygens (including phenoxy) is 4. The van der Waals surface area contributed by atoms with Crippen molar-refractivity contribution in [2.75, 3.05) is 4.90 Å². The van der Waals surface area contributed by atoms with E-state index in [1.54, 1.807) is 29.6 Å². The van der Waals surface area contributed by atoms with Gasteiger partial charge in [-0.2, -0.15) is 0 Å². The molecule has 0 N–H and O–H groups in total. The van der Waals surface area contributed by atoms with Gasteiger partial charge in [0.15, 0.2) is 5.92 Å². The van der Waals surface area contributed by atoms with Crippen LogP contribution in [0.15, 0.2) is 195 Å². The highest BCUT2D eigenvalue weighted by Gasteiger charge is 2.50. The molecule has 1 amide bonds. The van der Waals surface area contributed by atoms with Crippen molar-refractivity contribution in [3.63, 3.8) is 0 Å². The predicted octanol–water partition coefficient (Wildman–Crippen LogP) is 11.9. The number of aromatic nitrogens is 2. The standard InChI is InChI=1S/C61H54FN3O8/c1-41(66)73-56(48-22-27-50(62)28-23-48)33-32-53-58(65(59(53)67)51-29-24-47(25-30-51)55-36-63-40-64(55)2)52-31-26-49(35-57(52)70-37-43-12-6-3-7-13-43)46-20-18-42(19-21-46)34-54(60(68)71-38-44-14-8-4-9-15-44)61(69)72-39-45-16-10-5-11-17-45/h3-31,35-36,40,53-54,56,58H,32-34,37-39H2,1-2H3/t53-,56+,58-/m1/s1. The zero-order valence-corrected chi connectivity index (χ0v) is 40.5. The second-order valence-corrected chi connectivity index (χ2v) is 18.1. The Bertz CT molecular complexity index is 3090. The largest absolute Gasteiger partial charge is 0.489 e. The van der Waals surface area contributed by atoms with Gasteiger partial charge in [0.05, 0.1) is 30.2 Å². The molecule has 2 heterocycles. The first-order valence-corrected chi connectivity index (χ1v) is 24.2. The summed E-state index contributed by atoms with van der Waals surface area (Å²) in [6, 6.07) is 55.2. The molecule has 1 aliphatic heterocycles. The minimum absolute atomic E-state index is 0.0163. The number of imidazole rings is 1. The molecule has 0 aliphatic carbocycles. The molecule has 1 fully saturated rings. The van der Waals surface area contributed by atoms with Crippen LogP contribution in [-0.4, -0.2) is 33.4 Å². The highest BCUT2D eigenvalue weighted by molar-refractivity contribution is 6.03. The molecule has 73 heavy (non-hydrogen) atoms. The van der Waals surface area contributed by atoms with Gasteiger partial charge < -0.3 is 28.4 Å². The number of carbonyl (C=O) groups excluding carboxylic acids is 4. The van der Waals surface area contributed by atoms with Gasteiger partial charge in [0.25, 0.3) is 0 Å². The minimum Gasteiger partial charge on any atom is -0.489 e. The van der Waals surface area contributed by atoms with Gasteiger partial charge in [0.1, 0.15) is 37.5 Å². The van der Waals surface area contributed by atoms with Crippen LogP contribution in [0, 0.1) is 17.7 Å². The van der Waals surface area contributed by atoms with Gasteiger partial charge in [-0.05, 0) is 94.1 Å². The third-order valence-electron chi connectivity index (χ3n) is 13.1. The van der Waals surface area contributed by atoms with Gasteiger partial charge in [-0.3, -0.25) is 19.2 Å². The second kappa shape index (κ2) is 23.1. The van der Waals surface area contributed by atoms with Crippen LogP contribution in [0.25, 0.3) is 22.4 Å². The maximum Gasteiger partial charge on any atom is 0.321 e. The molecule has 3 atom stereocenters. The van der Waals surface area contributed by atoms with Crippen molar-refractivity contribution in [1.82, 2.24) is 9.55 Å². The number of carbonyl (C=O) groups is 4. The van der Waals surface area contributed by atoms with E-state index in [1.165, 1.54) is 19.1 Å². The Morgan fingerprint density at radius 1 is 0.644 bits per heavy atom. The van der Waals surface area contributed by atoms with E-state index < -0.39 is 47.7 Å². The molecule has 368 valence electrons. The summed E-state index contributed by atoms with van der Waals surface area (Å²) in [5.74, 6) is -3.51. The van der Waals surface area contributed by atoms with Gasteiger partial charge in [0, 0.05) is 25.2 Å². The summed E-state index contributed by atoms with van der Waals surface area (Å²) in [6.07, 6.45) is 3.55. The average Bonchev–Trinajstić information content (AvgIpc) is 3.86. The van der Waals surface area contributed by atoms with Gasteiger partial charge in [-0.25, -0.2) is 9.37 Å². The summed E-state index contributed by atoms with van der Waals surface area (Å²) in [5, 5.41) is 0. The zero-order chi connectivity index (χ0) is 50.7. The second-order valence-electron chi connectivity index (χ2n) is 18.1. The number of aryl methyl sites for hydroxylation is 1. The van der Waals surface area contributed by atoms with Crippen molar-refractivity contribution < 1.29 is 42.5 Å². The summed E-state index contributed by atoms with van der Waals surface area (Å²) >= 11 is 0. The quantitative estimate of drug-likeness (QED) is 0.0317. The van der Waals surface area contributed by atoms with Crippen LogP contribution in [0.1, 0.15) is 65.3 Å². The van der Waals surface area contributed by atoms with Crippen molar-refractivity contribution in [2.45, 2.75) is 58.2 Å². The van der Waals surface area contributed by atoms with Crippen molar-refractivity contribution in [2.24, 2.45) is 18.9 Å². The number of benzene rings is 7. The van der Waals surface area contributed by atoms with E-state index >= 15 is 0 Å². The molecule has 0 bridgehead atoms. The van der Waals surface area contributed by atoms with Crippen LogP contribution < -0.4 is 9.64 Å². The van der Waals surface area contributed by atoms with Crippen molar-refractivity contribution in [3.8, 4) is 28.1 Å². The van der Waals surface area contributed by atoms with Crippen LogP contribution in [0.5, 0.6) is 5.75 Å². The summed E-state index contributed by atoms with van der Waals surface area (Å²) in [5.41, 5.74) is 8.95. The van der Waals surface area contributed by atoms with E-state index in [0.29, 0.717) is 29.8 Å². The van der Waals surface area contributed by atoms with Crippen LogP contribution >= 0.6 is 0 Å². The van der Waals surface area contributed by atoms with E-state index in [9.17, 15) is 23.6 Å². The molecule has 1 aromatic heterocycles. The van der Waals surface area contributed by atoms with E-state index in [2.05, 4.69) is 4.98 Å². The molecule has 11 nitrogen and oxygen atoms in total. The van der Waals surface area contributed by atoms with Gasteiger partial charge in [-0.1, -0.05) is 152 Å². The fourth-order valence-electron chi connectivity index (χ4n) is 9.21. The Morgan fingerprint density at radius 3 is 1.77 bits per heavy atom. The number of anilines is 1. The lowest BCUT2D eigenvalue weighted by atomic mass is 9.77. The Kier molecular flexibility index (Phi) is 15.6. The Morgan fingerprint density at radius 2 is 1.21 bits per heavy atom. The molecule has 1 aliphatic rings. The molecule has 0 spiro atoms. The smallest absolute Gasteiger partial charge is 0.321 e. The Balaban J connectivity index is 1.02. The molecule has 12 heteroatoms. The zero-order valence-electron chi connectivity index (χ0n) is 40.5. The molecule has 7 aromatic carbocycles. The fraction of sp³-hybridized carbons (Fsp3) is 0.197. The van der Waals surface area contributed by atoms with Crippen LogP contribution in [0.3, 0.4) is 0 Å². The van der Waals surface area contributed by atoms with Crippen LogP contribution in [0.4, 0.5) is 10.1 Å². The summed E-state index contributed by atoms with van der Waals surface area (Å²) in [4.78, 5) is 60.2. The maximum absolute atomic E-state index is 14.6. The average molecular weight is 976 g/mol. The summed E-state index contributed by atoms with van der Waals surface area (Å²) < 4.78 is 39.8. The number of nitrogens with zero attached hydrogens (tertiary/aromatic N) is 3. The number of halogens is 1. The normalized spacial score (nSPS) is 14.5. The number of hydrogen-bond acceptors (Lipinski definition) is 9. The third kappa shape index (κ3) is 12.1. The number of rotatable bonds is 20. The number of amides is 1. The SMILES string of the molecule is CC(=O)O[C@@H](CC[C@H]1C(=O)N(c2ccc(-c3cncn3C)cc2)[C@@H]1c1ccc(-c2ccc(CC(C(=O)OCc3ccccc3)C(=O)OCc3ccccc3)cc2)cc1OCc1ccccc1)c1ccc(F)cc1. The molecule has 0 unspecified atom stereocenters. The number of hydrogen-bond donors (Lipinski definition) is 0. The highest BCUT2D eigenvalue weighted by Crippen LogP contribution is 2.50. The summed E-state index contributed by atoms with van der Waals surface area (Å²) in [7, 11) is 1.93. The van der Waals surface area contributed by atoms with Crippen LogP contribution in [-0.2, 0) is 66.7 Å². The molecule has 0 radical (unpaired) electrons. The first kappa shape index (κ1) is 49.3. The molecule has 0 saturated carbocycles. The van der Waals surface area contributed by atoms with Crippen molar-refractivity contribution in [3.05, 3.63) is 234 Å². The topological polar surface area (TPSA) is 126 Å².